The summed E-state index contributed by atoms with van der Waals surface area (Å²) in [6.45, 7) is 3.16. The molecule has 1 N–H and O–H groups in total. The number of amides is 2. The van der Waals surface area contributed by atoms with Crippen LogP contribution in [0.1, 0.15) is 41.0 Å². The summed E-state index contributed by atoms with van der Waals surface area (Å²) in [4.78, 5) is 36.5. The van der Waals surface area contributed by atoms with Gasteiger partial charge >= 0.3 is 0 Å². The van der Waals surface area contributed by atoms with E-state index in [1.807, 2.05) is 0 Å². The average Bonchev–Trinajstić information content (AvgIpc) is 2.68. The zero-order valence-corrected chi connectivity index (χ0v) is 11.5. The van der Waals surface area contributed by atoms with Crippen LogP contribution in [0.3, 0.4) is 0 Å². The summed E-state index contributed by atoms with van der Waals surface area (Å²) in [5.41, 5.74) is 0.790. The Kier molecular flexibility index (Phi) is 3.99. The highest BCUT2D eigenvalue weighted by atomic mass is 16.3. The van der Waals surface area contributed by atoms with Crippen molar-refractivity contribution in [2.24, 2.45) is 5.92 Å². The van der Waals surface area contributed by atoms with Crippen molar-refractivity contribution in [2.45, 2.75) is 26.4 Å². The fraction of sp³-hybridized carbons (Fsp3) is 0.400. The molecule has 2 rings (SSSR count). The van der Waals surface area contributed by atoms with Crippen molar-refractivity contribution in [3.63, 3.8) is 0 Å². The summed E-state index contributed by atoms with van der Waals surface area (Å²) in [7, 11) is 0. The lowest BCUT2D eigenvalue weighted by molar-refractivity contribution is -0.123. The quantitative estimate of drug-likeness (QED) is 0.821. The van der Waals surface area contributed by atoms with Gasteiger partial charge in [0, 0.05) is 12.5 Å². The monoisotopic (exact) mass is 275 g/mol. The fourth-order valence-corrected chi connectivity index (χ4v) is 2.22. The van der Waals surface area contributed by atoms with E-state index in [1.54, 1.807) is 31.2 Å². The van der Waals surface area contributed by atoms with E-state index in [-0.39, 0.29) is 30.6 Å². The van der Waals surface area contributed by atoms with E-state index < -0.39 is 12.0 Å². The number of rotatable bonds is 5. The molecule has 1 aliphatic heterocycles. The third-order valence-electron chi connectivity index (χ3n) is 3.75. The van der Waals surface area contributed by atoms with Crippen LogP contribution in [0.5, 0.6) is 0 Å². The first-order valence-corrected chi connectivity index (χ1v) is 6.57. The number of aliphatic hydroxyl groups is 1. The molecule has 1 aromatic rings. The number of fused-ring (bicyclic) bond motifs is 1. The van der Waals surface area contributed by atoms with E-state index in [1.165, 1.54) is 6.92 Å². The molecule has 0 bridgehead atoms. The van der Waals surface area contributed by atoms with Crippen molar-refractivity contribution in [1.29, 1.82) is 0 Å². The number of hydrogen-bond acceptors (Lipinski definition) is 4. The largest absolute Gasteiger partial charge is 0.392 e. The van der Waals surface area contributed by atoms with Gasteiger partial charge in [0.1, 0.15) is 5.78 Å². The van der Waals surface area contributed by atoms with Crippen molar-refractivity contribution in [3.8, 4) is 0 Å². The molecular formula is C15H17NO4. The van der Waals surface area contributed by atoms with E-state index in [0.717, 1.165) is 4.90 Å². The van der Waals surface area contributed by atoms with Crippen molar-refractivity contribution in [1.82, 2.24) is 4.90 Å². The van der Waals surface area contributed by atoms with E-state index in [2.05, 4.69) is 0 Å². The minimum absolute atomic E-state index is 0.111. The van der Waals surface area contributed by atoms with Crippen LogP contribution in [-0.2, 0) is 4.79 Å². The van der Waals surface area contributed by atoms with Crippen LogP contribution in [0.15, 0.2) is 24.3 Å². The molecule has 20 heavy (non-hydrogen) atoms. The van der Waals surface area contributed by atoms with Gasteiger partial charge in [-0.25, -0.2) is 0 Å². The number of Topliss-reactive ketones (excluding diaryl/α,β-unsaturated/α-hetero) is 1. The van der Waals surface area contributed by atoms with Crippen molar-refractivity contribution in [3.05, 3.63) is 35.4 Å². The molecule has 0 spiro atoms. The Morgan fingerprint density at radius 2 is 1.70 bits per heavy atom. The number of aliphatic hydroxyl groups excluding tert-OH is 1. The van der Waals surface area contributed by atoms with Gasteiger partial charge in [0.05, 0.1) is 17.2 Å². The first-order chi connectivity index (χ1) is 9.43. The SMILES string of the molecule is CC(=O)[C@H](C)[C@@H](O)CCN1C(=O)c2ccccc2C1=O. The first-order valence-electron chi connectivity index (χ1n) is 6.57. The molecule has 2 amide bonds. The molecule has 0 aliphatic carbocycles. The number of nitrogens with zero attached hydrogens (tertiary/aromatic N) is 1. The average molecular weight is 275 g/mol. The van der Waals surface area contributed by atoms with E-state index in [9.17, 15) is 19.5 Å². The number of benzene rings is 1. The minimum atomic E-state index is -0.850. The Bertz CT molecular complexity index is 532. The summed E-state index contributed by atoms with van der Waals surface area (Å²) in [5.74, 6) is -1.29. The molecule has 106 valence electrons. The van der Waals surface area contributed by atoms with Crippen molar-refractivity contribution >= 4 is 17.6 Å². The van der Waals surface area contributed by atoms with E-state index in [0.29, 0.717) is 11.1 Å². The Labute approximate surface area is 117 Å². The third-order valence-corrected chi connectivity index (χ3v) is 3.75. The van der Waals surface area contributed by atoms with E-state index >= 15 is 0 Å². The zero-order valence-electron chi connectivity index (χ0n) is 11.5. The van der Waals surface area contributed by atoms with Gasteiger partial charge in [-0.05, 0) is 25.5 Å². The van der Waals surface area contributed by atoms with Gasteiger partial charge in [-0.1, -0.05) is 19.1 Å². The Morgan fingerprint density at radius 3 is 2.15 bits per heavy atom. The van der Waals surface area contributed by atoms with Gasteiger partial charge in [0.2, 0.25) is 0 Å². The molecule has 2 atom stereocenters. The number of ketones is 1. The maximum Gasteiger partial charge on any atom is 0.261 e. The van der Waals surface area contributed by atoms with Gasteiger partial charge < -0.3 is 5.11 Å². The molecule has 0 saturated heterocycles. The van der Waals surface area contributed by atoms with Gasteiger partial charge in [-0.2, -0.15) is 0 Å². The van der Waals surface area contributed by atoms with E-state index in [4.69, 9.17) is 0 Å². The van der Waals surface area contributed by atoms with Crippen LogP contribution in [0.4, 0.5) is 0 Å². The molecule has 5 heteroatoms. The number of carbonyl (C=O) groups is 3. The Morgan fingerprint density at radius 1 is 1.20 bits per heavy atom. The molecule has 0 saturated carbocycles. The van der Waals surface area contributed by atoms with Gasteiger partial charge in [-0.15, -0.1) is 0 Å². The second-order valence-electron chi connectivity index (χ2n) is 5.06. The molecule has 1 aliphatic rings. The standard InChI is InChI=1S/C15H17NO4/c1-9(10(2)17)13(18)7-8-16-14(19)11-5-3-4-6-12(11)15(16)20/h3-6,9,13,18H,7-8H2,1-2H3/t9-,13-/m0/s1. The molecular weight excluding hydrogens is 258 g/mol. The van der Waals surface area contributed by atoms with Gasteiger partial charge in [0.25, 0.3) is 11.8 Å². The lowest BCUT2D eigenvalue weighted by Crippen LogP contribution is -2.34. The molecule has 0 radical (unpaired) electrons. The Hall–Kier alpha value is -2.01. The summed E-state index contributed by atoms with van der Waals surface area (Å²) in [6, 6.07) is 6.65. The zero-order chi connectivity index (χ0) is 14.9. The van der Waals surface area contributed by atoms with Crippen LogP contribution in [-0.4, -0.2) is 40.3 Å². The van der Waals surface area contributed by atoms with Crippen molar-refractivity contribution < 1.29 is 19.5 Å². The topological polar surface area (TPSA) is 74.7 Å². The molecule has 1 aromatic carbocycles. The highest BCUT2D eigenvalue weighted by Crippen LogP contribution is 2.23. The smallest absolute Gasteiger partial charge is 0.261 e. The second kappa shape index (κ2) is 5.54. The first kappa shape index (κ1) is 14.4. The predicted octanol–water partition coefficient (Wildman–Crippen LogP) is 1.26. The van der Waals surface area contributed by atoms with Gasteiger partial charge in [0.15, 0.2) is 0 Å². The van der Waals surface area contributed by atoms with Gasteiger partial charge in [-0.3, -0.25) is 19.3 Å². The van der Waals surface area contributed by atoms with Crippen LogP contribution in [0.2, 0.25) is 0 Å². The molecule has 5 nitrogen and oxygen atoms in total. The number of hydrogen-bond donors (Lipinski definition) is 1. The summed E-state index contributed by atoms with van der Waals surface area (Å²) < 4.78 is 0. The maximum absolute atomic E-state index is 12.1. The highest BCUT2D eigenvalue weighted by molar-refractivity contribution is 6.21. The van der Waals surface area contributed by atoms with Crippen molar-refractivity contribution in [2.75, 3.05) is 6.54 Å². The fourth-order valence-electron chi connectivity index (χ4n) is 2.22. The minimum Gasteiger partial charge on any atom is -0.392 e. The summed E-state index contributed by atoms with van der Waals surface area (Å²) >= 11 is 0. The van der Waals surface area contributed by atoms with Crippen LogP contribution in [0.25, 0.3) is 0 Å². The molecule has 0 fully saturated rings. The third kappa shape index (κ3) is 2.49. The molecule has 0 aromatic heterocycles. The summed E-state index contributed by atoms with van der Waals surface area (Å²) in [5, 5.41) is 9.87. The predicted molar refractivity (Wildman–Crippen MR) is 72.3 cm³/mol. The lowest BCUT2D eigenvalue weighted by atomic mass is 9.98. The number of imide groups is 1. The lowest BCUT2D eigenvalue weighted by Gasteiger charge is -2.19. The maximum atomic E-state index is 12.1. The number of carbonyl (C=O) groups excluding carboxylic acids is 3. The second-order valence-corrected chi connectivity index (χ2v) is 5.06. The van der Waals surface area contributed by atoms with Crippen LogP contribution >= 0.6 is 0 Å². The Balaban J connectivity index is 2.04. The highest BCUT2D eigenvalue weighted by Gasteiger charge is 2.35. The summed E-state index contributed by atoms with van der Waals surface area (Å²) in [6.07, 6.45) is -0.650. The molecule has 0 unspecified atom stereocenters. The van der Waals surface area contributed by atoms with Crippen LogP contribution < -0.4 is 0 Å². The molecule has 1 heterocycles. The normalized spacial score (nSPS) is 17.1. The van der Waals surface area contributed by atoms with Crippen LogP contribution in [0, 0.1) is 5.92 Å².